The highest BCUT2D eigenvalue weighted by molar-refractivity contribution is 5.80. The number of aryl methyl sites for hydroxylation is 2. The summed E-state index contributed by atoms with van der Waals surface area (Å²) in [5.74, 6) is 0.645. The van der Waals surface area contributed by atoms with Gasteiger partial charge in [-0.3, -0.25) is 19.5 Å². The fourth-order valence-corrected chi connectivity index (χ4v) is 3.28. The lowest BCUT2D eigenvalue weighted by atomic mass is 10.1. The molecule has 2 aromatic heterocycles. The molecule has 0 fully saturated rings. The van der Waals surface area contributed by atoms with E-state index in [-0.39, 0.29) is 36.5 Å². The van der Waals surface area contributed by atoms with Gasteiger partial charge in [-0.2, -0.15) is 4.98 Å². The third-order valence-electron chi connectivity index (χ3n) is 4.85. The Balaban J connectivity index is 1.31. The van der Waals surface area contributed by atoms with Crippen LogP contribution in [0.5, 0.6) is 0 Å². The number of benzene rings is 2. The first-order chi connectivity index (χ1) is 15.0. The van der Waals surface area contributed by atoms with Crippen LogP contribution in [0.1, 0.15) is 17.9 Å². The topological polar surface area (TPSA) is 123 Å². The zero-order valence-corrected chi connectivity index (χ0v) is 16.9. The van der Waals surface area contributed by atoms with Gasteiger partial charge in [-0.25, -0.2) is 4.68 Å². The predicted molar refractivity (Wildman–Crippen MR) is 115 cm³/mol. The number of carbonyl (C=O) groups is 1. The molecule has 0 unspecified atom stereocenters. The second-order valence-corrected chi connectivity index (χ2v) is 7.17. The molecule has 4 rings (SSSR count). The molecule has 158 valence electrons. The minimum absolute atomic E-state index is 0.155. The van der Waals surface area contributed by atoms with Gasteiger partial charge in [0.2, 0.25) is 17.6 Å². The third-order valence-corrected chi connectivity index (χ3v) is 4.85. The number of hydrogen-bond acceptors (Lipinski definition) is 6. The molecule has 0 saturated heterocycles. The summed E-state index contributed by atoms with van der Waals surface area (Å²) in [5, 5.41) is 9.92. The van der Waals surface area contributed by atoms with Crippen molar-refractivity contribution in [2.45, 2.75) is 26.3 Å². The molecular formula is C22H21N5O4. The summed E-state index contributed by atoms with van der Waals surface area (Å²) in [6.45, 7) is 2.34. The maximum Gasteiger partial charge on any atom is 0.273 e. The number of aromatic nitrogens is 4. The van der Waals surface area contributed by atoms with Gasteiger partial charge in [0.1, 0.15) is 0 Å². The molecule has 0 atom stereocenters. The van der Waals surface area contributed by atoms with Gasteiger partial charge >= 0.3 is 0 Å². The second kappa shape index (κ2) is 8.78. The fourth-order valence-electron chi connectivity index (χ4n) is 3.28. The first kappa shape index (κ1) is 20.3. The summed E-state index contributed by atoms with van der Waals surface area (Å²) in [4.78, 5) is 41.0. The van der Waals surface area contributed by atoms with Crippen LogP contribution in [0.25, 0.3) is 22.2 Å². The van der Waals surface area contributed by atoms with Crippen molar-refractivity contribution in [3.05, 3.63) is 80.7 Å². The van der Waals surface area contributed by atoms with E-state index in [1.165, 1.54) is 4.68 Å². The van der Waals surface area contributed by atoms with Crippen LogP contribution in [-0.4, -0.2) is 32.4 Å². The second-order valence-electron chi connectivity index (χ2n) is 7.17. The Morgan fingerprint density at radius 2 is 1.94 bits per heavy atom. The average Bonchev–Trinajstić information content (AvgIpc) is 3.25. The molecule has 0 bridgehead atoms. The molecule has 2 heterocycles. The summed E-state index contributed by atoms with van der Waals surface area (Å²) in [5.41, 5.74) is 1.30. The fraction of sp³-hybridized carbons (Fsp3) is 0.227. The van der Waals surface area contributed by atoms with Gasteiger partial charge in [0.05, 0.1) is 17.3 Å². The number of aromatic amines is 1. The van der Waals surface area contributed by atoms with Gasteiger partial charge in [0.25, 0.3) is 11.1 Å². The maximum atomic E-state index is 12.5. The third kappa shape index (κ3) is 4.61. The normalized spacial score (nSPS) is 11.0. The van der Waals surface area contributed by atoms with Crippen molar-refractivity contribution >= 4 is 16.7 Å². The van der Waals surface area contributed by atoms with Crippen molar-refractivity contribution in [1.82, 2.24) is 25.2 Å². The summed E-state index contributed by atoms with van der Waals surface area (Å²) in [7, 11) is 0. The van der Waals surface area contributed by atoms with Crippen molar-refractivity contribution in [3.8, 4) is 11.4 Å². The summed E-state index contributed by atoms with van der Waals surface area (Å²) < 4.78 is 6.43. The van der Waals surface area contributed by atoms with E-state index in [4.69, 9.17) is 4.52 Å². The molecule has 4 aromatic rings. The smallest absolute Gasteiger partial charge is 0.273 e. The first-order valence-corrected chi connectivity index (χ1v) is 9.89. The lowest BCUT2D eigenvalue weighted by molar-refractivity contribution is -0.121. The zero-order valence-electron chi connectivity index (χ0n) is 16.9. The van der Waals surface area contributed by atoms with Gasteiger partial charge in [-0.05, 0) is 25.1 Å². The van der Waals surface area contributed by atoms with Gasteiger partial charge < -0.3 is 9.84 Å². The molecule has 2 N–H and O–H groups in total. The van der Waals surface area contributed by atoms with Crippen LogP contribution < -0.4 is 16.4 Å². The van der Waals surface area contributed by atoms with Crippen LogP contribution in [-0.2, 0) is 17.8 Å². The number of H-pyrrole nitrogens is 1. The quantitative estimate of drug-likeness (QED) is 0.471. The van der Waals surface area contributed by atoms with E-state index in [9.17, 15) is 14.4 Å². The van der Waals surface area contributed by atoms with Gasteiger partial charge in [-0.15, -0.1) is 0 Å². The summed E-state index contributed by atoms with van der Waals surface area (Å²) in [6, 6.07) is 14.4. The SMILES string of the molecule is Cc1cccc(-c2noc(CCC(=O)NCCn3[nH]c(=O)c4ccccc4c3=O)n2)c1. The van der Waals surface area contributed by atoms with Crippen LogP contribution >= 0.6 is 0 Å². The molecule has 0 radical (unpaired) electrons. The van der Waals surface area contributed by atoms with E-state index >= 15 is 0 Å². The number of hydrogen-bond donors (Lipinski definition) is 2. The molecule has 9 nitrogen and oxygen atoms in total. The van der Waals surface area contributed by atoms with Gasteiger partial charge in [0.15, 0.2) is 0 Å². The monoisotopic (exact) mass is 419 g/mol. The molecular weight excluding hydrogens is 398 g/mol. The van der Waals surface area contributed by atoms with E-state index in [2.05, 4.69) is 20.6 Å². The highest BCUT2D eigenvalue weighted by Crippen LogP contribution is 2.17. The molecule has 0 spiro atoms. The Kier molecular flexibility index (Phi) is 5.74. The number of carbonyl (C=O) groups excluding carboxylic acids is 1. The van der Waals surface area contributed by atoms with Crippen LogP contribution in [0.15, 0.2) is 62.6 Å². The van der Waals surface area contributed by atoms with Crippen molar-refractivity contribution in [1.29, 1.82) is 0 Å². The van der Waals surface area contributed by atoms with Crippen LogP contribution in [0.3, 0.4) is 0 Å². The highest BCUT2D eigenvalue weighted by atomic mass is 16.5. The molecule has 9 heteroatoms. The lowest BCUT2D eigenvalue weighted by Gasteiger charge is -2.08. The van der Waals surface area contributed by atoms with E-state index in [0.29, 0.717) is 28.9 Å². The summed E-state index contributed by atoms with van der Waals surface area (Å²) >= 11 is 0. The van der Waals surface area contributed by atoms with Crippen molar-refractivity contribution in [2.24, 2.45) is 0 Å². The summed E-state index contributed by atoms with van der Waals surface area (Å²) in [6.07, 6.45) is 0.468. The number of rotatable bonds is 7. The largest absolute Gasteiger partial charge is 0.354 e. The van der Waals surface area contributed by atoms with E-state index in [1.54, 1.807) is 24.3 Å². The number of amides is 1. The molecule has 0 saturated carbocycles. The Hall–Kier alpha value is -4.01. The standard InChI is InChI=1S/C22H21N5O4/c1-14-5-4-6-15(13-14)20-24-19(31-26-20)10-9-18(28)23-11-12-27-22(30)17-8-3-2-7-16(17)21(29)25-27/h2-8,13H,9-12H2,1H3,(H,23,28)(H,25,29). The van der Waals surface area contributed by atoms with Crippen molar-refractivity contribution in [2.75, 3.05) is 6.54 Å². The molecule has 0 aliphatic heterocycles. The zero-order chi connectivity index (χ0) is 21.8. The molecule has 0 aliphatic rings. The molecule has 1 amide bonds. The average molecular weight is 419 g/mol. The highest BCUT2D eigenvalue weighted by Gasteiger charge is 2.11. The minimum atomic E-state index is -0.345. The molecule has 0 aliphatic carbocycles. The van der Waals surface area contributed by atoms with Crippen molar-refractivity contribution in [3.63, 3.8) is 0 Å². The van der Waals surface area contributed by atoms with Crippen LogP contribution in [0.2, 0.25) is 0 Å². The first-order valence-electron chi connectivity index (χ1n) is 9.89. The van der Waals surface area contributed by atoms with Gasteiger partial charge in [0, 0.05) is 24.9 Å². The number of fused-ring (bicyclic) bond motifs is 1. The van der Waals surface area contributed by atoms with E-state index < -0.39 is 0 Å². The van der Waals surface area contributed by atoms with Crippen LogP contribution in [0, 0.1) is 6.92 Å². The van der Waals surface area contributed by atoms with Gasteiger partial charge in [-0.1, -0.05) is 41.1 Å². The Bertz CT molecular complexity index is 1350. The maximum absolute atomic E-state index is 12.5. The number of nitrogens with one attached hydrogen (secondary N) is 2. The Labute approximate surface area is 176 Å². The lowest BCUT2D eigenvalue weighted by Crippen LogP contribution is -2.35. The van der Waals surface area contributed by atoms with E-state index in [1.807, 2.05) is 31.2 Å². The molecule has 2 aromatic carbocycles. The predicted octanol–water partition coefficient (Wildman–Crippen LogP) is 1.80. The van der Waals surface area contributed by atoms with Crippen LogP contribution in [0.4, 0.5) is 0 Å². The van der Waals surface area contributed by atoms with Crippen molar-refractivity contribution < 1.29 is 9.32 Å². The molecule has 31 heavy (non-hydrogen) atoms. The number of nitrogens with zero attached hydrogens (tertiary/aromatic N) is 3. The Morgan fingerprint density at radius 3 is 2.74 bits per heavy atom. The minimum Gasteiger partial charge on any atom is -0.354 e. The van der Waals surface area contributed by atoms with E-state index in [0.717, 1.165) is 11.1 Å². The Morgan fingerprint density at radius 1 is 1.13 bits per heavy atom.